The number of carboxylic acids is 1. The molecule has 0 aromatic carbocycles. The van der Waals surface area contributed by atoms with Crippen molar-refractivity contribution >= 4 is 11.9 Å². The third kappa shape index (κ3) is 2.65. The maximum atomic E-state index is 10.1. The molecule has 2 N–H and O–H groups in total. The van der Waals surface area contributed by atoms with E-state index < -0.39 is 5.97 Å². The van der Waals surface area contributed by atoms with Gasteiger partial charge in [-0.3, -0.25) is 4.79 Å². The minimum atomic E-state index is -0.814. The summed E-state index contributed by atoms with van der Waals surface area (Å²) in [5, 5.41) is 11.2. The van der Waals surface area contributed by atoms with Gasteiger partial charge in [0.1, 0.15) is 5.76 Å². The fourth-order valence-corrected chi connectivity index (χ4v) is 0.822. The molecule has 66 valence electrons. The molecule has 0 radical (unpaired) electrons. The molecule has 1 rings (SSSR count). The van der Waals surface area contributed by atoms with E-state index in [1.807, 2.05) is 13.0 Å². The average Bonchev–Trinajstić information content (AvgIpc) is 2.35. The van der Waals surface area contributed by atoms with Gasteiger partial charge in [-0.25, -0.2) is 0 Å². The van der Waals surface area contributed by atoms with Gasteiger partial charge in [0.2, 0.25) is 0 Å². The molecule has 0 saturated carbocycles. The van der Waals surface area contributed by atoms with Gasteiger partial charge in [-0.1, -0.05) is 0 Å². The van der Waals surface area contributed by atoms with E-state index in [0.29, 0.717) is 12.4 Å². The van der Waals surface area contributed by atoms with Crippen molar-refractivity contribution < 1.29 is 14.3 Å². The number of aryl methyl sites for hydroxylation is 1. The molecular weight excluding hydrogens is 158 g/mol. The van der Waals surface area contributed by atoms with Gasteiger partial charge >= 0.3 is 5.97 Å². The summed E-state index contributed by atoms with van der Waals surface area (Å²) >= 11 is 0. The van der Waals surface area contributed by atoms with Crippen molar-refractivity contribution in [2.45, 2.75) is 13.3 Å². The zero-order valence-electron chi connectivity index (χ0n) is 6.83. The molecule has 1 aromatic rings. The second-order valence-corrected chi connectivity index (χ2v) is 2.48. The summed E-state index contributed by atoms with van der Waals surface area (Å²) in [5.74, 6) is 0.618. The SMILES string of the molecule is Cc1ccc(NCCC(=O)O)o1. The van der Waals surface area contributed by atoms with E-state index in [1.54, 1.807) is 6.07 Å². The summed E-state index contributed by atoms with van der Waals surface area (Å²) in [5.41, 5.74) is 0. The van der Waals surface area contributed by atoms with Gasteiger partial charge in [0.25, 0.3) is 0 Å². The molecule has 0 aliphatic carbocycles. The standard InChI is InChI=1S/C8H11NO3/c1-6-2-3-7(12-6)9-5-4-8(10)11/h2-3,9H,4-5H2,1H3,(H,10,11). The summed E-state index contributed by atoms with van der Waals surface area (Å²) in [4.78, 5) is 10.1. The largest absolute Gasteiger partial charge is 0.481 e. The number of carbonyl (C=O) groups is 1. The topological polar surface area (TPSA) is 62.5 Å². The van der Waals surface area contributed by atoms with Gasteiger partial charge in [-0.2, -0.15) is 0 Å². The number of hydrogen-bond acceptors (Lipinski definition) is 3. The van der Waals surface area contributed by atoms with E-state index in [4.69, 9.17) is 9.52 Å². The van der Waals surface area contributed by atoms with Crippen molar-refractivity contribution in [1.82, 2.24) is 0 Å². The van der Waals surface area contributed by atoms with Crippen LogP contribution in [0.4, 0.5) is 5.88 Å². The third-order valence-corrected chi connectivity index (χ3v) is 1.38. The Labute approximate surface area is 70.2 Å². The van der Waals surface area contributed by atoms with E-state index in [1.165, 1.54) is 0 Å². The van der Waals surface area contributed by atoms with Crippen LogP contribution in [-0.2, 0) is 4.79 Å². The zero-order chi connectivity index (χ0) is 8.97. The normalized spacial score (nSPS) is 9.75. The summed E-state index contributed by atoms with van der Waals surface area (Å²) < 4.78 is 5.16. The van der Waals surface area contributed by atoms with Crippen LogP contribution in [0.25, 0.3) is 0 Å². The van der Waals surface area contributed by atoms with E-state index >= 15 is 0 Å². The van der Waals surface area contributed by atoms with Crippen LogP contribution in [0.5, 0.6) is 0 Å². The molecule has 4 nitrogen and oxygen atoms in total. The van der Waals surface area contributed by atoms with Crippen molar-refractivity contribution in [2.75, 3.05) is 11.9 Å². The van der Waals surface area contributed by atoms with Crippen LogP contribution in [0.15, 0.2) is 16.5 Å². The van der Waals surface area contributed by atoms with Crippen molar-refractivity contribution in [2.24, 2.45) is 0 Å². The summed E-state index contributed by atoms with van der Waals surface area (Å²) in [7, 11) is 0. The second-order valence-electron chi connectivity index (χ2n) is 2.48. The maximum absolute atomic E-state index is 10.1. The molecule has 12 heavy (non-hydrogen) atoms. The Bertz CT molecular complexity index is 267. The molecule has 0 fully saturated rings. The maximum Gasteiger partial charge on any atom is 0.305 e. The van der Waals surface area contributed by atoms with Gasteiger partial charge in [0, 0.05) is 12.6 Å². The predicted octanol–water partition coefficient (Wildman–Crippen LogP) is 1.47. The first-order valence-electron chi connectivity index (χ1n) is 3.70. The third-order valence-electron chi connectivity index (χ3n) is 1.38. The molecule has 0 amide bonds. The Morgan fingerprint density at radius 1 is 1.67 bits per heavy atom. The molecule has 4 heteroatoms. The highest BCUT2D eigenvalue weighted by molar-refractivity contribution is 5.67. The van der Waals surface area contributed by atoms with Crippen LogP contribution in [-0.4, -0.2) is 17.6 Å². The highest BCUT2D eigenvalue weighted by Crippen LogP contribution is 2.11. The highest BCUT2D eigenvalue weighted by atomic mass is 16.4. The monoisotopic (exact) mass is 169 g/mol. The summed E-state index contributed by atoms with van der Waals surface area (Å²) in [6.07, 6.45) is 0.0970. The number of aliphatic carboxylic acids is 1. The van der Waals surface area contributed by atoms with Gasteiger partial charge in [-0.15, -0.1) is 0 Å². The lowest BCUT2D eigenvalue weighted by Gasteiger charge is -1.98. The fourth-order valence-electron chi connectivity index (χ4n) is 0.822. The number of nitrogens with one attached hydrogen (secondary N) is 1. The molecule has 1 aromatic heterocycles. The van der Waals surface area contributed by atoms with Gasteiger partial charge in [0.05, 0.1) is 6.42 Å². The minimum absolute atomic E-state index is 0.0970. The molecule has 0 bridgehead atoms. The first kappa shape index (κ1) is 8.64. The predicted molar refractivity (Wildman–Crippen MR) is 44.2 cm³/mol. The molecule has 0 saturated heterocycles. The highest BCUT2D eigenvalue weighted by Gasteiger charge is 1.98. The van der Waals surface area contributed by atoms with Crippen LogP contribution in [0.1, 0.15) is 12.2 Å². The molecule has 0 aliphatic heterocycles. The Hall–Kier alpha value is -1.45. The van der Waals surface area contributed by atoms with Gasteiger partial charge < -0.3 is 14.8 Å². The van der Waals surface area contributed by atoms with Crippen molar-refractivity contribution in [1.29, 1.82) is 0 Å². The van der Waals surface area contributed by atoms with E-state index in [-0.39, 0.29) is 6.42 Å². The average molecular weight is 169 g/mol. The molecule has 1 heterocycles. The lowest BCUT2D eigenvalue weighted by molar-refractivity contribution is -0.136. The first-order chi connectivity index (χ1) is 5.68. The molecule has 0 atom stereocenters. The molecular formula is C8H11NO3. The van der Waals surface area contributed by atoms with Crippen LogP contribution in [0.2, 0.25) is 0 Å². The van der Waals surface area contributed by atoms with E-state index in [2.05, 4.69) is 5.32 Å². The Morgan fingerprint density at radius 3 is 2.92 bits per heavy atom. The first-order valence-corrected chi connectivity index (χ1v) is 3.70. The van der Waals surface area contributed by atoms with Crippen molar-refractivity contribution in [3.63, 3.8) is 0 Å². The van der Waals surface area contributed by atoms with E-state index in [9.17, 15) is 4.79 Å². The Morgan fingerprint density at radius 2 is 2.42 bits per heavy atom. The lowest BCUT2D eigenvalue weighted by Crippen LogP contribution is -2.06. The smallest absolute Gasteiger partial charge is 0.305 e. The number of rotatable bonds is 4. The number of hydrogen-bond donors (Lipinski definition) is 2. The van der Waals surface area contributed by atoms with Crippen LogP contribution in [0.3, 0.4) is 0 Å². The van der Waals surface area contributed by atoms with Gasteiger partial charge in [0.15, 0.2) is 5.88 Å². The second kappa shape index (κ2) is 3.80. The summed E-state index contributed by atoms with van der Waals surface area (Å²) in [6.45, 7) is 2.23. The van der Waals surface area contributed by atoms with Crippen molar-refractivity contribution in [3.8, 4) is 0 Å². The van der Waals surface area contributed by atoms with Gasteiger partial charge in [-0.05, 0) is 13.0 Å². The lowest BCUT2D eigenvalue weighted by atomic mass is 10.4. The summed E-state index contributed by atoms with van der Waals surface area (Å²) in [6, 6.07) is 3.60. The Balaban J connectivity index is 2.29. The van der Waals surface area contributed by atoms with Crippen LogP contribution >= 0.6 is 0 Å². The quantitative estimate of drug-likeness (QED) is 0.716. The number of anilines is 1. The fraction of sp³-hybridized carbons (Fsp3) is 0.375. The minimum Gasteiger partial charge on any atom is -0.481 e. The number of furan rings is 1. The Kier molecular flexibility index (Phi) is 2.74. The molecule has 0 unspecified atom stereocenters. The molecule has 0 spiro atoms. The van der Waals surface area contributed by atoms with Crippen LogP contribution in [0, 0.1) is 6.92 Å². The molecule has 0 aliphatic rings. The van der Waals surface area contributed by atoms with E-state index in [0.717, 1.165) is 5.76 Å². The van der Waals surface area contributed by atoms with Crippen LogP contribution < -0.4 is 5.32 Å². The number of carboxylic acid groups (broad SMARTS) is 1. The zero-order valence-corrected chi connectivity index (χ0v) is 6.83. The van der Waals surface area contributed by atoms with Crippen molar-refractivity contribution in [3.05, 3.63) is 17.9 Å².